The van der Waals surface area contributed by atoms with E-state index in [4.69, 9.17) is 10.2 Å². The highest BCUT2D eigenvalue weighted by Gasteiger charge is 1.97. The summed E-state index contributed by atoms with van der Waals surface area (Å²) in [6.07, 6.45) is 1.25. The summed E-state index contributed by atoms with van der Waals surface area (Å²) in [5.41, 5.74) is 0.662. The van der Waals surface area contributed by atoms with Crippen molar-refractivity contribution in [3.8, 4) is 0 Å². The van der Waals surface area contributed by atoms with Crippen LogP contribution in [0.5, 0.6) is 0 Å². The molecule has 4 heteroatoms. The SMILES string of the molecule is CCC.O=C(O)c1ccccc1.O=C(O)c1ccccc1. The number of aromatic carboxylic acids is 2. The van der Waals surface area contributed by atoms with Crippen molar-refractivity contribution in [3.05, 3.63) is 71.8 Å². The monoisotopic (exact) mass is 288 g/mol. The van der Waals surface area contributed by atoms with Crippen molar-refractivity contribution in [1.82, 2.24) is 0 Å². The number of carboxylic acids is 2. The van der Waals surface area contributed by atoms with Gasteiger partial charge in [0.2, 0.25) is 0 Å². The second-order valence-corrected chi connectivity index (χ2v) is 4.05. The summed E-state index contributed by atoms with van der Waals surface area (Å²) in [4.78, 5) is 20.4. The molecule has 0 amide bonds. The highest BCUT2D eigenvalue weighted by atomic mass is 16.4. The van der Waals surface area contributed by atoms with Gasteiger partial charge in [-0.05, 0) is 24.3 Å². The predicted molar refractivity (Wildman–Crippen MR) is 82.8 cm³/mol. The topological polar surface area (TPSA) is 74.6 Å². The lowest BCUT2D eigenvalue weighted by Gasteiger charge is -1.88. The molecule has 112 valence electrons. The van der Waals surface area contributed by atoms with Gasteiger partial charge in [0.05, 0.1) is 11.1 Å². The zero-order valence-electron chi connectivity index (χ0n) is 12.2. The number of hydrogen-bond donors (Lipinski definition) is 2. The largest absolute Gasteiger partial charge is 0.478 e. The molecule has 0 fully saturated rings. The number of carbonyl (C=O) groups is 2. The zero-order valence-corrected chi connectivity index (χ0v) is 12.2. The van der Waals surface area contributed by atoms with E-state index < -0.39 is 11.9 Å². The second-order valence-electron chi connectivity index (χ2n) is 4.05. The molecular formula is C17H20O4. The Morgan fingerprint density at radius 2 is 0.952 bits per heavy atom. The van der Waals surface area contributed by atoms with E-state index in [1.807, 2.05) is 0 Å². The molecule has 2 rings (SSSR count). The van der Waals surface area contributed by atoms with Gasteiger partial charge in [0.25, 0.3) is 0 Å². The van der Waals surface area contributed by atoms with Gasteiger partial charge in [-0.1, -0.05) is 56.7 Å². The van der Waals surface area contributed by atoms with Crippen LogP contribution in [0.4, 0.5) is 0 Å². The van der Waals surface area contributed by atoms with Crippen LogP contribution < -0.4 is 0 Å². The molecule has 0 aliphatic carbocycles. The minimum Gasteiger partial charge on any atom is -0.478 e. The molecule has 0 heterocycles. The summed E-state index contributed by atoms with van der Waals surface area (Å²) < 4.78 is 0. The molecule has 0 saturated carbocycles. The molecule has 0 saturated heterocycles. The average molecular weight is 288 g/mol. The number of benzene rings is 2. The maximum absolute atomic E-state index is 10.2. The third-order valence-electron chi connectivity index (χ3n) is 2.04. The molecular weight excluding hydrogens is 268 g/mol. The Bertz CT molecular complexity index is 472. The van der Waals surface area contributed by atoms with Crippen LogP contribution in [0.15, 0.2) is 60.7 Å². The Morgan fingerprint density at radius 1 is 0.714 bits per heavy atom. The van der Waals surface area contributed by atoms with Crippen LogP contribution in [0.3, 0.4) is 0 Å². The minimum atomic E-state index is -0.879. The maximum Gasteiger partial charge on any atom is 0.335 e. The highest BCUT2D eigenvalue weighted by Crippen LogP contribution is 1.96. The van der Waals surface area contributed by atoms with Crippen LogP contribution in [-0.2, 0) is 0 Å². The fourth-order valence-corrected chi connectivity index (χ4v) is 1.16. The molecule has 2 aromatic carbocycles. The minimum absolute atomic E-state index is 0.331. The van der Waals surface area contributed by atoms with Gasteiger partial charge in [0, 0.05) is 0 Å². The first-order chi connectivity index (χ1) is 10.0. The molecule has 0 radical (unpaired) electrons. The molecule has 4 nitrogen and oxygen atoms in total. The second kappa shape index (κ2) is 11.2. The predicted octanol–water partition coefficient (Wildman–Crippen LogP) is 4.19. The van der Waals surface area contributed by atoms with Gasteiger partial charge in [-0.25, -0.2) is 9.59 Å². The van der Waals surface area contributed by atoms with Gasteiger partial charge < -0.3 is 10.2 Å². The van der Waals surface area contributed by atoms with Crippen LogP contribution in [0.2, 0.25) is 0 Å². The summed E-state index contributed by atoms with van der Waals surface area (Å²) >= 11 is 0. The standard InChI is InChI=1S/2C7H6O2.C3H8/c2*8-7(9)6-4-2-1-3-5-6;1-3-2/h2*1-5H,(H,8,9);3H2,1-2H3. The van der Waals surface area contributed by atoms with Crippen LogP contribution in [0.25, 0.3) is 0 Å². The summed E-state index contributed by atoms with van der Waals surface area (Å²) in [5.74, 6) is -1.76. The van der Waals surface area contributed by atoms with Gasteiger partial charge in [0.15, 0.2) is 0 Å². The normalized spacial score (nSPS) is 8.48. The summed E-state index contributed by atoms with van der Waals surface area (Å²) in [6.45, 7) is 4.25. The van der Waals surface area contributed by atoms with E-state index in [0.717, 1.165) is 0 Å². The molecule has 0 aliphatic heterocycles. The lowest BCUT2D eigenvalue weighted by Crippen LogP contribution is -1.93. The zero-order chi connectivity index (χ0) is 16.1. The van der Waals surface area contributed by atoms with E-state index in [-0.39, 0.29) is 0 Å². The first-order valence-corrected chi connectivity index (χ1v) is 6.59. The third kappa shape index (κ3) is 8.99. The van der Waals surface area contributed by atoms with Crippen LogP contribution in [-0.4, -0.2) is 22.2 Å². The molecule has 2 aromatic rings. The first-order valence-electron chi connectivity index (χ1n) is 6.59. The van der Waals surface area contributed by atoms with Crippen LogP contribution in [0.1, 0.15) is 41.0 Å². The fourth-order valence-electron chi connectivity index (χ4n) is 1.16. The molecule has 0 spiro atoms. The van der Waals surface area contributed by atoms with E-state index in [9.17, 15) is 9.59 Å². The Morgan fingerprint density at radius 3 is 1.10 bits per heavy atom. The van der Waals surface area contributed by atoms with E-state index in [2.05, 4.69) is 13.8 Å². The Balaban J connectivity index is 0.000000322. The van der Waals surface area contributed by atoms with Crippen molar-refractivity contribution in [2.24, 2.45) is 0 Å². The van der Waals surface area contributed by atoms with Gasteiger partial charge in [-0.15, -0.1) is 0 Å². The van der Waals surface area contributed by atoms with Gasteiger partial charge >= 0.3 is 11.9 Å². The van der Waals surface area contributed by atoms with Crippen LogP contribution in [0, 0.1) is 0 Å². The van der Waals surface area contributed by atoms with Gasteiger partial charge in [-0.2, -0.15) is 0 Å². The van der Waals surface area contributed by atoms with Gasteiger partial charge in [-0.3, -0.25) is 0 Å². The molecule has 0 bridgehead atoms. The summed E-state index contributed by atoms with van der Waals surface area (Å²) in [7, 11) is 0. The lowest BCUT2D eigenvalue weighted by molar-refractivity contribution is 0.0686. The van der Waals surface area contributed by atoms with Crippen LogP contribution >= 0.6 is 0 Å². The molecule has 0 atom stereocenters. The number of hydrogen-bond acceptors (Lipinski definition) is 2. The highest BCUT2D eigenvalue weighted by molar-refractivity contribution is 5.87. The quantitative estimate of drug-likeness (QED) is 0.869. The summed E-state index contributed by atoms with van der Waals surface area (Å²) in [5, 5.41) is 16.8. The Labute approximate surface area is 124 Å². The molecule has 0 aromatic heterocycles. The lowest BCUT2D eigenvalue weighted by atomic mass is 10.2. The van der Waals surface area contributed by atoms with Crippen molar-refractivity contribution in [1.29, 1.82) is 0 Å². The van der Waals surface area contributed by atoms with E-state index in [1.165, 1.54) is 6.42 Å². The van der Waals surface area contributed by atoms with Crippen molar-refractivity contribution >= 4 is 11.9 Å². The Kier molecular flexibility index (Phi) is 9.83. The molecule has 0 aliphatic rings. The van der Waals surface area contributed by atoms with Crippen molar-refractivity contribution in [2.75, 3.05) is 0 Å². The van der Waals surface area contributed by atoms with E-state index >= 15 is 0 Å². The fraction of sp³-hybridized carbons (Fsp3) is 0.176. The molecule has 0 unspecified atom stereocenters. The summed E-state index contributed by atoms with van der Waals surface area (Å²) in [6, 6.07) is 16.6. The van der Waals surface area contributed by atoms with Gasteiger partial charge in [0.1, 0.15) is 0 Å². The number of carboxylic acid groups (broad SMARTS) is 2. The van der Waals surface area contributed by atoms with E-state index in [1.54, 1.807) is 60.7 Å². The van der Waals surface area contributed by atoms with E-state index in [0.29, 0.717) is 11.1 Å². The smallest absolute Gasteiger partial charge is 0.335 e. The first kappa shape index (κ1) is 18.4. The number of rotatable bonds is 2. The molecule has 21 heavy (non-hydrogen) atoms. The average Bonchev–Trinajstić information content (AvgIpc) is 2.50. The molecule has 2 N–H and O–H groups in total. The van der Waals surface area contributed by atoms with Crippen molar-refractivity contribution in [3.63, 3.8) is 0 Å². The van der Waals surface area contributed by atoms with Crippen molar-refractivity contribution in [2.45, 2.75) is 20.3 Å². The van der Waals surface area contributed by atoms with Crippen molar-refractivity contribution < 1.29 is 19.8 Å². The maximum atomic E-state index is 10.2. The third-order valence-corrected chi connectivity index (χ3v) is 2.04. The Hall–Kier alpha value is -2.62.